The van der Waals surface area contributed by atoms with E-state index in [0.29, 0.717) is 6.54 Å². The number of amides is 2. The highest BCUT2D eigenvalue weighted by molar-refractivity contribution is 9.10. The Hall–Kier alpha value is -1.56. The molecule has 1 heterocycles. The van der Waals surface area contributed by atoms with E-state index in [-0.39, 0.29) is 25.0 Å². The molecule has 1 aliphatic rings. The highest BCUT2D eigenvalue weighted by atomic mass is 79.9. The van der Waals surface area contributed by atoms with Crippen LogP contribution in [0.3, 0.4) is 0 Å². The summed E-state index contributed by atoms with van der Waals surface area (Å²) in [7, 11) is 0. The smallest absolute Gasteiger partial charge is 0.317 e. The first-order chi connectivity index (χ1) is 9.99. The standard InChI is InChI=1S/C15H19BrN2O3/c1-10-9-11(4-5-12(10)16)13-3-2-8-18(13)15(21)17-7-6-14(19)20/h4-5,9,13H,2-3,6-8H2,1H3,(H,17,21)(H,19,20). The maximum Gasteiger partial charge on any atom is 0.317 e. The zero-order valence-corrected chi connectivity index (χ0v) is 13.5. The predicted octanol–water partition coefficient (Wildman–Crippen LogP) is 3.08. The van der Waals surface area contributed by atoms with Crippen molar-refractivity contribution in [3.05, 3.63) is 33.8 Å². The quantitative estimate of drug-likeness (QED) is 0.872. The summed E-state index contributed by atoms with van der Waals surface area (Å²) >= 11 is 3.48. The first-order valence-electron chi connectivity index (χ1n) is 7.01. The molecule has 114 valence electrons. The van der Waals surface area contributed by atoms with Crippen LogP contribution in [0.4, 0.5) is 4.79 Å². The Morgan fingerprint density at radius 2 is 2.24 bits per heavy atom. The number of carboxylic acid groups (broad SMARTS) is 1. The lowest BCUT2D eigenvalue weighted by Gasteiger charge is -2.25. The average molecular weight is 355 g/mol. The molecule has 1 aliphatic heterocycles. The Kier molecular flexibility index (Phi) is 5.22. The van der Waals surface area contributed by atoms with Gasteiger partial charge in [-0.2, -0.15) is 0 Å². The van der Waals surface area contributed by atoms with E-state index in [9.17, 15) is 9.59 Å². The monoisotopic (exact) mass is 354 g/mol. The number of halogens is 1. The molecule has 1 fully saturated rings. The summed E-state index contributed by atoms with van der Waals surface area (Å²) in [6.07, 6.45) is 1.85. The number of nitrogens with one attached hydrogen (secondary N) is 1. The molecule has 6 heteroatoms. The van der Waals surface area contributed by atoms with Crippen LogP contribution in [-0.4, -0.2) is 35.1 Å². The molecular weight excluding hydrogens is 336 g/mol. The Balaban J connectivity index is 2.03. The van der Waals surface area contributed by atoms with E-state index < -0.39 is 5.97 Å². The second-order valence-electron chi connectivity index (χ2n) is 5.24. The van der Waals surface area contributed by atoms with Crippen LogP contribution in [0.1, 0.15) is 36.4 Å². The highest BCUT2D eigenvalue weighted by Gasteiger charge is 2.29. The number of hydrogen-bond acceptors (Lipinski definition) is 2. The third-order valence-corrected chi connectivity index (χ3v) is 4.59. The topological polar surface area (TPSA) is 69.6 Å². The van der Waals surface area contributed by atoms with E-state index in [1.54, 1.807) is 4.90 Å². The van der Waals surface area contributed by atoms with Gasteiger partial charge in [0.05, 0.1) is 12.5 Å². The normalized spacial score (nSPS) is 17.8. The van der Waals surface area contributed by atoms with Crippen LogP contribution < -0.4 is 5.32 Å². The number of urea groups is 1. The third kappa shape index (κ3) is 3.97. The number of aryl methyl sites for hydroxylation is 1. The van der Waals surface area contributed by atoms with Gasteiger partial charge in [0.2, 0.25) is 0 Å². The van der Waals surface area contributed by atoms with Crippen LogP contribution in [0.25, 0.3) is 0 Å². The maximum absolute atomic E-state index is 12.2. The molecule has 1 aromatic rings. The number of nitrogens with zero attached hydrogens (tertiary/aromatic N) is 1. The summed E-state index contributed by atoms with van der Waals surface area (Å²) < 4.78 is 1.06. The van der Waals surface area contributed by atoms with E-state index in [0.717, 1.165) is 28.4 Å². The van der Waals surface area contributed by atoms with Gasteiger partial charge in [0.1, 0.15) is 0 Å². The maximum atomic E-state index is 12.2. The number of benzene rings is 1. The molecule has 0 spiro atoms. The van der Waals surface area contributed by atoms with Crippen molar-refractivity contribution in [3.63, 3.8) is 0 Å². The molecule has 2 N–H and O–H groups in total. The van der Waals surface area contributed by atoms with Crippen molar-refractivity contribution in [1.82, 2.24) is 10.2 Å². The van der Waals surface area contributed by atoms with Crippen molar-refractivity contribution in [2.24, 2.45) is 0 Å². The van der Waals surface area contributed by atoms with E-state index in [1.165, 1.54) is 0 Å². The fourth-order valence-corrected chi connectivity index (χ4v) is 2.86. The summed E-state index contributed by atoms with van der Waals surface area (Å²) in [5.41, 5.74) is 2.27. The first kappa shape index (κ1) is 15.8. The zero-order valence-electron chi connectivity index (χ0n) is 11.9. The van der Waals surface area contributed by atoms with Crippen LogP contribution in [0, 0.1) is 6.92 Å². The minimum atomic E-state index is -0.906. The molecule has 5 nitrogen and oxygen atoms in total. The van der Waals surface area contributed by atoms with Gasteiger partial charge in [0.25, 0.3) is 0 Å². The molecule has 21 heavy (non-hydrogen) atoms. The number of rotatable bonds is 4. The average Bonchev–Trinajstić information content (AvgIpc) is 2.90. The molecule has 2 amide bonds. The van der Waals surface area contributed by atoms with Crippen molar-refractivity contribution in [3.8, 4) is 0 Å². The summed E-state index contributed by atoms with van der Waals surface area (Å²) in [5.74, 6) is -0.906. The van der Waals surface area contributed by atoms with Gasteiger partial charge in [-0.05, 0) is 37.0 Å². The molecule has 1 aromatic carbocycles. The first-order valence-corrected chi connectivity index (χ1v) is 7.80. The Bertz CT molecular complexity index is 548. The number of aliphatic carboxylic acids is 1. The molecule has 0 bridgehead atoms. The summed E-state index contributed by atoms with van der Waals surface area (Å²) in [4.78, 5) is 24.5. The Labute approximate surface area is 132 Å². The van der Waals surface area contributed by atoms with Gasteiger partial charge in [-0.1, -0.05) is 28.1 Å². The molecule has 0 aliphatic carbocycles. The van der Waals surface area contributed by atoms with Crippen molar-refractivity contribution >= 4 is 27.9 Å². The second kappa shape index (κ2) is 6.93. The molecule has 0 aromatic heterocycles. The number of carboxylic acids is 1. The van der Waals surface area contributed by atoms with Crippen LogP contribution >= 0.6 is 15.9 Å². The lowest BCUT2D eigenvalue weighted by atomic mass is 10.0. The van der Waals surface area contributed by atoms with Gasteiger partial charge < -0.3 is 15.3 Å². The van der Waals surface area contributed by atoms with Gasteiger partial charge >= 0.3 is 12.0 Å². The zero-order chi connectivity index (χ0) is 15.4. The van der Waals surface area contributed by atoms with Crippen LogP contribution in [0.5, 0.6) is 0 Å². The van der Waals surface area contributed by atoms with Gasteiger partial charge in [-0.3, -0.25) is 4.79 Å². The Morgan fingerprint density at radius 1 is 1.48 bits per heavy atom. The van der Waals surface area contributed by atoms with Gasteiger partial charge in [-0.25, -0.2) is 4.79 Å². The molecule has 1 saturated heterocycles. The molecular formula is C15H19BrN2O3. The fraction of sp³-hybridized carbons (Fsp3) is 0.467. The lowest BCUT2D eigenvalue weighted by Crippen LogP contribution is -2.40. The third-order valence-electron chi connectivity index (χ3n) is 3.70. The van der Waals surface area contributed by atoms with E-state index >= 15 is 0 Å². The van der Waals surface area contributed by atoms with E-state index in [4.69, 9.17) is 5.11 Å². The Morgan fingerprint density at radius 3 is 2.90 bits per heavy atom. The molecule has 1 atom stereocenters. The molecule has 2 rings (SSSR count). The summed E-state index contributed by atoms with van der Waals surface area (Å²) in [6.45, 7) is 2.90. The van der Waals surface area contributed by atoms with Crippen molar-refractivity contribution in [1.29, 1.82) is 0 Å². The van der Waals surface area contributed by atoms with Gasteiger partial charge in [0, 0.05) is 17.6 Å². The van der Waals surface area contributed by atoms with Crippen molar-refractivity contribution in [2.75, 3.05) is 13.1 Å². The largest absolute Gasteiger partial charge is 0.481 e. The molecule has 0 saturated carbocycles. The summed E-state index contributed by atoms with van der Waals surface area (Å²) in [5, 5.41) is 11.3. The number of hydrogen-bond donors (Lipinski definition) is 2. The number of carbonyl (C=O) groups excluding carboxylic acids is 1. The van der Waals surface area contributed by atoms with E-state index in [1.807, 2.05) is 19.1 Å². The van der Waals surface area contributed by atoms with Crippen molar-refractivity contribution < 1.29 is 14.7 Å². The number of carbonyl (C=O) groups is 2. The number of likely N-dealkylation sites (tertiary alicyclic amines) is 1. The fourth-order valence-electron chi connectivity index (χ4n) is 2.61. The van der Waals surface area contributed by atoms with Crippen molar-refractivity contribution in [2.45, 2.75) is 32.2 Å². The van der Waals surface area contributed by atoms with Crippen LogP contribution in [0.2, 0.25) is 0 Å². The SMILES string of the molecule is Cc1cc(C2CCCN2C(=O)NCCC(=O)O)ccc1Br. The lowest BCUT2D eigenvalue weighted by molar-refractivity contribution is -0.136. The predicted molar refractivity (Wildman–Crippen MR) is 83.2 cm³/mol. The van der Waals surface area contributed by atoms with Gasteiger partial charge in [0.15, 0.2) is 0 Å². The minimum absolute atomic E-state index is 0.0539. The van der Waals surface area contributed by atoms with Crippen LogP contribution in [-0.2, 0) is 4.79 Å². The molecule has 1 unspecified atom stereocenters. The van der Waals surface area contributed by atoms with Crippen LogP contribution in [0.15, 0.2) is 22.7 Å². The second-order valence-corrected chi connectivity index (χ2v) is 6.09. The van der Waals surface area contributed by atoms with Gasteiger partial charge in [-0.15, -0.1) is 0 Å². The van der Waals surface area contributed by atoms with E-state index in [2.05, 4.69) is 27.3 Å². The molecule has 0 radical (unpaired) electrons. The minimum Gasteiger partial charge on any atom is -0.481 e. The summed E-state index contributed by atoms with van der Waals surface area (Å²) in [6, 6.07) is 6.02. The highest BCUT2D eigenvalue weighted by Crippen LogP contribution is 2.33.